The lowest BCUT2D eigenvalue weighted by Crippen LogP contribution is -2.35. The van der Waals surface area contributed by atoms with E-state index < -0.39 is 5.60 Å². The third kappa shape index (κ3) is 3.38. The minimum atomic E-state index is -0.451. The van der Waals surface area contributed by atoms with Crippen molar-refractivity contribution in [3.63, 3.8) is 0 Å². The lowest BCUT2D eigenvalue weighted by atomic mass is 9.97. The maximum atomic E-state index is 11.6. The fraction of sp³-hybridized carbons (Fsp3) is 0.615. The molecule has 0 aromatic carbocycles. The van der Waals surface area contributed by atoms with E-state index >= 15 is 0 Å². The van der Waals surface area contributed by atoms with Crippen LogP contribution in [-0.2, 0) is 4.74 Å². The van der Waals surface area contributed by atoms with Crippen LogP contribution < -0.4 is 10.1 Å². The Balaban J connectivity index is 1.87. The highest BCUT2D eigenvalue weighted by Gasteiger charge is 2.24. The molecular formula is C13H19NO3S. The van der Waals surface area contributed by atoms with Crippen molar-refractivity contribution in [2.45, 2.75) is 38.7 Å². The highest BCUT2D eigenvalue weighted by atomic mass is 32.1. The molecule has 0 saturated carbocycles. The summed E-state index contributed by atoms with van der Waals surface area (Å²) in [6, 6.07) is 2.07. The fourth-order valence-electron chi connectivity index (χ4n) is 1.91. The molecule has 0 radical (unpaired) electrons. The molecule has 1 aliphatic rings. The van der Waals surface area contributed by atoms with Crippen molar-refractivity contribution < 1.29 is 14.3 Å². The normalized spacial score (nSPS) is 18.7. The van der Waals surface area contributed by atoms with Gasteiger partial charge in [0, 0.05) is 18.0 Å². The minimum Gasteiger partial charge on any atom is -0.484 e. The first kappa shape index (κ1) is 13.2. The second kappa shape index (κ2) is 5.18. The van der Waals surface area contributed by atoms with Crippen LogP contribution >= 0.6 is 11.3 Å². The Labute approximate surface area is 111 Å². The lowest BCUT2D eigenvalue weighted by Gasteiger charge is -2.24. The number of thiophene rings is 1. The molecule has 2 heterocycles. The number of rotatable bonds is 2. The molecule has 1 aromatic rings. The van der Waals surface area contributed by atoms with E-state index in [9.17, 15) is 4.79 Å². The summed E-state index contributed by atoms with van der Waals surface area (Å²) in [6.45, 7) is 6.89. The monoisotopic (exact) mass is 269 g/mol. The molecule has 100 valence electrons. The third-order valence-electron chi connectivity index (χ3n) is 2.69. The molecule has 1 atom stereocenters. The van der Waals surface area contributed by atoms with Gasteiger partial charge in [0.05, 0.1) is 6.61 Å². The molecule has 1 unspecified atom stereocenters. The van der Waals surface area contributed by atoms with E-state index in [2.05, 4.69) is 11.4 Å². The van der Waals surface area contributed by atoms with Crippen molar-refractivity contribution in [1.82, 2.24) is 5.32 Å². The van der Waals surface area contributed by atoms with E-state index in [1.807, 2.05) is 26.2 Å². The molecular weight excluding hydrogens is 250 g/mol. The van der Waals surface area contributed by atoms with Crippen molar-refractivity contribution in [3.05, 3.63) is 17.0 Å². The number of carbonyl (C=O) groups is 1. The number of alkyl carbamates (subject to hydrolysis) is 1. The van der Waals surface area contributed by atoms with Gasteiger partial charge < -0.3 is 14.8 Å². The Kier molecular flexibility index (Phi) is 3.80. The fourth-order valence-corrected chi connectivity index (χ4v) is 2.77. The molecule has 1 amide bonds. The van der Waals surface area contributed by atoms with Gasteiger partial charge in [-0.05, 0) is 38.6 Å². The van der Waals surface area contributed by atoms with Gasteiger partial charge in [0.25, 0.3) is 0 Å². The van der Waals surface area contributed by atoms with Crippen molar-refractivity contribution >= 4 is 17.4 Å². The van der Waals surface area contributed by atoms with Gasteiger partial charge in [-0.1, -0.05) is 0 Å². The highest BCUT2D eigenvalue weighted by molar-refractivity contribution is 7.12. The number of hydrogen-bond donors (Lipinski definition) is 1. The molecule has 18 heavy (non-hydrogen) atoms. The molecule has 0 fully saturated rings. The van der Waals surface area contributed by atoms with E-state index in [4.69, 9.17) is 9.47 Å². The molecule has 4 nitrogen and oxygen atoms in total. The van der Waals surface area contributed by atoms with E-state index in [-0.39, 0.29) is 6.09 Å². The first-order chi connectivity index (χ1) is 8.46. The van der Waals surface area contributed by atoms with E-state index in [0.717, 1.165) is 11.5 Å². The van der Waals surface area contributed by atoms with Gasteiger partial charge in [0.15, 0.2) is 5.06 Å². The summed E-state index contributed by atoms with van der Waals surface area (Å²) in [7, 11) is 0. The molecule has 5 heteroatoms. The van der Waals surface area contributed by atoms with Gasteiger partial charge in [-0.15, -0.1) is 11.3 Å². The predicted octanol–water partition coefficient (Wildman–Crippen LogP) is 3.14. The van der Waals surface area contributed by atoms with Crippen LogP contribution in [-0.4, -0.2) is 24.8 Å². The standard InChI is InChI=1S/C13H19NO3S/c1-13(2,3)17-12(15)14-8-9-4-6-16-11-10(9)5-7-18-11/h5,7,9H,4,6,8H2,1-3H3,(H,14,15). The summed E-state index contributed by atoms with van der Waals surface area (Å²) in [6.07, 6.45) is 0.574. The van der Waals surface area contributed by atoms with Gasteiger partial charge in [-0.2, -0.15) is 0 Å². The molecule has 0 saturated heterocycles. The minimum absolute atomic E-state index is 0.326. The van der Waals surface area contributed by atoms with Crippen LogP contribution in [0.15, 0.2) is 11.4 Å². The van der Waals surface area contributed by atoms with Crippen molar-refractivity contribution in [2.24, 2.45) is 0 Å². The molecule has 1 aliphatic heterocycles. The van der Waals surface area contributed by atoms with Crippen molar-refractivity contribution in [2.75, 3.05) is 13.2 Å². The molecule has 0 bridgehead atoms. The van der Waals surface area contributed by atoms with Crippen molar-refractivity contribution in [1.29, 1.82) is 0 Å². The van der Waals surface area contributed by atoms with Gasteiger partial charge in [0.1, 0.15) is 5.60 Å². The largest absolute Gasteiger partial charge is 0.484 e. The maximum absolute atomic E-state index is 11.6. The van der Waals surface area contributed by atoms with Gasteiger partial charge in [0.2, 0.25) is 0 Å². The smallest absolute Gasteiger partial charge is 0.407 e. The molecule has 1 aromatic heterocycles. The predicted molar refractivity (Wildman–Crippen MR) is 71.4 cm³/mol. The Morgan fingerprint density at radius 1 is 1.61 bits per heavy atom. The summed E-state index contributed by atoms with van der Waals surface area (Å²) in [5.41, 5.74) is 0.745. The number of ether oxygens (including phenoxy) is 2. The number of nitrogens with one attached hydrogen (secondary N) is 1. The van der Waals surface area contributed by atoms with Crippen LogP contribution in [0.3, 0.4) is 0 Å². The average Bonchev–Trinajstić information content (AvgIpc) is 2.72. The van der Waals surface area contributed by atoms with E-state index in [0.29, 0.717) is 19.1 Å². The third-order valence-corrected chi connectivity index (χ3v) is 3.53. The Morgan fingerprint density at radius 2 is 2.39 bits per heavy atom. The zero-order valence-corrected chi connectivity index (χ0v) is 11.8. The zero-order valence-electron chi connectivity index (χ0n) is 11.0. The second-order valence-corrected chi connectivity index (χ2v) is 6.26. The van der Waals surface area contributed by atoms with E-state index in [1.165, 1.54) is 5.56 Å². The van der Waals surface area contributed by atoms with Crippen LogP contribution in [0.4, 0.5) is 4.79 Å². The molecule has 0 spiro atoms. The summed E-state index contributed by atoms with van der Waals surface area (Å²) in [5.74, 6) is 0.326. The highest BCUT2D eigenvalue weighted by Crippen LogP contribution is 2.37. The first-order valence-corrected chi connectivity index (χ1v) is 7.01. The quantitative estimate of drug-likeness (QED) is 0.897. The SMILES string of the molecule is CC(C)(C)OC(=O)NCC1CCOc2sccc21. The Hall–Kier alpha value is -1.23. The Bertz CT molecular complexity index is 422. The van der Waals surface area contributed by atoms with Gasteiger partial charge in [-0.25, -0.2) is 4.79 Å². The average molecular weight is 269 g/mol. The number of carbonyl (C=O) groups excluding carboxylic acids is 1. The zero-order chi connectivity index (χ0) is 13.2. The Morgan fingerprint density at radius 3 is 3.11 bits per heavy atom. The van der Waals surface area contributed by atoms with Crippen molar-refractivity contribution in [3.8, 4) is 5.06 Å². The molecule has 2 rings (SSSR count). The number of hydrogen-bond acceptors (Lipinski definition) is 4. The summed E-state index contributed by atoms with van der Waals surface area (Å²) < 4.78 is 10.8. The summed E-state index contributed by atoms with van der Waals surface area (Å²) in [4.78, 5) is 11.6. The van der Waals surface area contributed by atoms with Gasteiger partial charge >= 0.3 is 6.09 Å². The second-order valence-electron chi connectivity index (χ2n) is 5.38. The summed E-state index contributed by atoms with van der Waals surface area (Å²) in [5, 5.41) is 5.84. The van der Waals surface area contributed by atoms with Crippen LogP contribution in [0.2, 0.25) is 0 Å². The maximum Gasteiger partial charge on any atom is 0.407 e. The van der Waals surface area contributed by atoms with Crippen LogP contribution in [0, 0.1) is 0 Å². The number of amides is 1. The van der Waals surface area contributed by atoms with Crippen LogP contribution in [0.5, 0.6) is 5.06 Å². The van der Waals surface area contributed by atoms with Gasteiger partial charge in [-0.3, -0.25) is 0 Å². The number of fused-ring (bicyclic) bond motifs is 1. The first-order valence-electron chi connectivity index (χ1n) is 6.13. The van der Waals surface area contributed by atoms with Crippen LogP contribution in [0.1, 0.15) is 38.7 Å². The van der Waals surface area contributed by atoms with E-state index in [1.54, 1.807) is 11.3 Å². The summed E-state index contributed by atoms with van der Waals surface area (Å²) >= 11 is 1.61. The van der Waals surface area contributed by atoms with Crippen LogP contribution in [0.25, 0.3) is 0 Å². The topological polar surface area (TPSA) is 47.6 Å². The lowest BCUT2D eigenvalue weighted by molar-refractivity contribution is 0.0522. The molecule has 0 aliphatic carbocycles. The molecule has 1 N–H and O–H groups in total.